The first-order valence-electron chi connectivity index (χ1n) is 5.62. The van der Waals surface area contributed by atoms with Crippen LogP contribution in [0.5, 0.6) is 0 Å². The number of hydrogen-bond donors (Lipinski definition) is 1. The van der Waals surface area contributed by atoms with Gasteiger partial charge in [0.2, 0.25) is 5.91 Å². The third-order valence-corrected chi connectivity index (χ3v) is 3.28. The molecule has 0 radical (unpaired) electrons. The van der Waals surface area contributed by atoms with Gasteiger partial charge in [-0.25, -0.2) is 4.98 Å². The van der Waals surface area contributed by atoms with Crippen molar-refractivity contribution in [1.82, 2.24) is 10.3 Å². The third-order valence-electron chi connectivity index (χ3n) is 2.34. The fourth-order valence-corrected chi connectivity index (χ4v) is 2.14. The number of thioether (sulfide) groups is 1. The van der Waals surface area contributed by atoms with E-state index >= 15 is 0 Å². The van der Waals surface area contributed by atoms with Crippen LogP contribution in [0.15, 0.2) is 52.2 Å². The fraction of sp³-hybridized carbons (Fsp3) is 0.231. The number of amides is 1. The highest BCUT2D eigenvalue weighted by Crippen LogP contribution is 2.15. The molecule has 4 nitrogen and oxygen atoms in total. The lowest BCUT2D eigenvalue weighted by molar-refractivity contribution is -0.119. The van der Waals surface area contributed by atoms with Gasteiger partial charge in [-0.15, -0.1) is 0 Å². The Labute approximate surface area is 110 Å². The van der Waals surface area contributed by atoms with E-state index in [9.17, 15) is 4.79 Å². The van der Waals surface area contributed by atoms with Gasteiger partial charge in [-0.05, 0) is 31.2 Å². The molecule has 1 N–H and O–H groups in total. The number of aromatic nitrogens is 1. The minimum Gasteiger partial charge on any atom is -0.467 e. The van der Waals surface area contributed by atoms with Gasteiger partial charge >= 0.3 is 0 Å². The van der Waals surface area contributed by atoms with Gasteiger partial charge in [0.25, 0.3) is 0 Å². The molecule has 2 rings (SSSR count). The summed E-state index contributed by atoms with van der Waals surface area (Å²) in [5, 5.41) is 3.72. The molecule has 0 bridgehead atoms. The molecule has 0 aromatic carbocycles. The highest BCUT2D eigenvalue weighted by molar-refractivity contribution is 7.99. The van der Waals surface area contributed by atoms with Crippen molar-refractivity contribution in [1.29, 1.82) is 0 Å². The first-order chi connectivity index (χ1) is 8.75. The summed E-state index contributed by atoms with van der Waals surface area (Å²) in [7, 11) is 0. The van der Waals surface area contributed by atoms with E-state index in [1.807, 2.05) is 31.2 Å². The van der Waals surface area contributed by atoms with E-state index in [0.29, 0.717) is 5.75 Å². The number of pyridine rings is 1. The lowest BCUT2D eigenvalue weighted by Crippen LogP contribution is -2.27. The van der Waals surface area contributed by atoms with E-state index in [2.05, 4.69) is 10.3 Å². The molecule has 0 saturated carbocycles. The van der Waals surface area contributed by atoms with Gasteiger partial charge in [0.05, 0.1) is 23.1 Å². The molecule has 1 amide bonds. The lowest BCUT2D eigenvalue weighted by atomic mass is 10.2. The monoisotopic (exact) mass is 262 g/mol. The standard InChI is InChI=1S/C13H14N2O2S/c1-10(11-5-4-8-17-11)15-12(16)9-18-13-6-2-3-7-14-13/h2-8,10H,9H2,1H3,(H,15,16)/t10-/m1/s1. The third kappa shape index (κ3) is 3.63. The lowest BCUT2D eigenvalue weighted by Gasteiger charge is -2.10. The first-order valence-corrected chi connectivity index (χ1v) is 6.61. The molecule has 0 aliphatic rings. The molecule has 2 aromatic heterocycles. The van der Waals surface area contributed by atoms with Crippen LogP contribution in [0.1, 0.15) is 18.7 Å². The minimum atomic E-state index is -0.114. The van der Waals surface area contributed by atoms with Crippen molar-refractivity contribution in [3.63, 3.8) is 0 Å². The normalized spacial score (nSPS) is 12.1. The number of rotatable bonds is 5. The van der Waals surface area contributed by atoms with Crippen LogP contribution in [0.25, 0.3) is 0 Å². The second-order valence-corrected chi connectivity index (χ2v) is 4.76. The Bertz CT molecular complexity index is 485. The second kappa shape index (κ2) is 6.26. The Hall–Kier alpha value is -1.75. The van der Waals surface area contributed by atoms with Crippen molar-refractivity contribution in [2.24, 2.45) is 0 Å². The topological polar surface area (TPSA) is 55.1 Å². The van der Waals surface area contributed by atoms with E-state index < -0.39 is 0 Å². The van der Waals surface area contributed by atoms with E-state index in [-0.39, 0.29) is 11.9 Å². The molecule has 0 unspecified atom stereocenters. The molecule has 18 heavy (non-hydrogen) atoms. The van der Waals surface area contributed by atoms with Crippen LogP contribution in [0.3, 0.4) is 0 Å². The number of nitrogens with one attached hydrogen (secondary N) is 1. The van der Waals surface area contributed by atoms with Crippen molar-refractivity contribution in [2.75, 3.05) is 5.75 Å². The van der Waals surface area contributed by atoms with Crippen LogP contribution in [-0.4, -0.2) is 16.6 Å². The van der Waals surface area contributed by atoms with Crippen LogP contribution >= 0.6 is 11.8 Å². The maximum Gasteiger partial charge on any atom is 0.230 e. The van der Waals surface area contributed by atoms with Crippen molar-refractivity contribution in [3.05, 3.63) is 48.6 Å². The number of nitrogens with zero attached hydrogens (tertiary/aromatic N) is 1. The maximum atomic E-state index is 11.7. The summed E-state index contributed by atoms with van der Waals surface area (Å²) < 4.78 is 5.23. The second-order valence-electron chi connectivity index (χ2n) is 3.76. The smallest absolute Gasteiger partial charge is 0.230 e. The Morgan fingerprint density at radius 3 is 3.00 bits per heavy atom. The number of furan rings is 1. The van der Waals surface area contributed by atoms with Crippen LogP contribution in [-0.2, 0) is 4.79 Å². The average Bonchev–Trinajstić information content (AvgIpc) is 2.91. The van der Waals surface area contributed by atoms with Gasteiger partial charge in [-0.1, -0.05) is 17.8 Å². The van der Waals surface area contributed by atoms with Crippen LogP contribution in [0.4, 0.5) is 0 Å². The zero-order valence-electron chi connectivity index (χ0n) is 10.00. The van der Waals surface area contributed by atoms with E-state index in [1.165, 1.54) is 11.8 Å². The summed E-state index contributed by atoms with van der Waals surface area (Å²) in [4.78, 5) is 15.9. The summed E-state index contributed by atoms with van der Waals surface area (Å²) in [5.74, 6) is 1.07. The molecule has 0 spiro atoms. The highest BCUT2D eigenvalue weighted by Gasteiger charge is 2.11. The summed E-state index contributed by atoms with van der Waals surface area (Å²) in [5.41, 5.74) is 0. The predicted molar refractivity (Wildman–Crippen MR) is 70.2 cm³/mol. The summed E-state index contributed by atoms with van der Waals surface area (Å²) in [6, 6.07) is 9.17. The van der Waals surface area contributed by atoms with Crippen LogP contribution < -0.4 is 5.32 Å². The molecule has 0 aliphatic carbocycles. The van der Waals surface area contributed by atoms with Crippen molar-refractivity contribution in [2.45, 2.75) is 18.0 Å². The van der Waals surface area contributed by atoms with E-state index in [0.717, 1.165) is 10.8 Å². The number of carbonyl (C=O) groups excluding carboxylic acids is 1. The van der Waals surface area contributed by atoms with Gasteiger partial charge in [-0.3, -0.25) is 4.79 Å². The van der Waals surface area contributed by atoms with Gasteiger partial charge in [-0.2, -0.15) is 0 Å². The molecular formula is C13H14N2O2S. The largest absolute Gasteiger partial charge is 0.467 e. The number of carbonyl (C=O) groups is 1. The van der Waals surface area contributed by atoms with E-state index in [4.69, 9.17) is 4.42 Å². The van der Waals surface area contributed by atoms with Crippen molar-refractivity contribution in [3.8, 4) is 0 Å². The van der Waals surface area contributed by atoms with E-state index in [1.54, 1.807) is 18.5 Å². The molecule has 0 saturated heterocycles. The molecule has 5 heteroatoms. The Morgan fingerprint density at radius 2 is 2.33 bits per heavy atom. The predicted octanol–water partition coefficient (Wildman–Crippen LogP) is 2.64. The number of hydrogen-bond acceptors (Lipinski definition) is 4. The molecule has 2 heterocycles. The maximum absolute atomic E-state index is 11.7. The Balaban J connectivity index is 1.79. The zero-order valence-corrected chi connectivity index (χ0v) is 10.8. The molecule has 2 aromatic rings. The van der Waals surface area contributed by atoms with Crippen molar-refractivity contribution < 1.29 is 9.21 Å². The van der Waals surface area contributed by atoms with Crippen LogP contribution in [0, 0.1) is 0 Å². The fourth-order valence-electron chi connectivity index (χ4n) is 1.46. The highest BCUT2D eigenvalue weighted by atomic mass is 32.2. The van der Waals surface area contributed by atoms with Crippen LogP contribution in [0.2, 0.25) is 0 Å². The summed E-state index contributed by atoms with van der Waals surface area (Å²) >= 11 is 1.41. The molecule has 1 atom stereocenters. The summed E-state index contributed by atoms with van der Waals surface area (Å²) in [6.45, 7) is 1.89. The average molecular weight is 262 g/mol. The quantitative estimate of drug-likeness (QED) is 0.842. The van der Waals surface area contributed by atoms with Crippen molar-refractivity contribution >= 4 is 17.7 Å². The Morgan fingerprint density at radius 1 is 1.44 bits per heavy atom. The van der Waals surface area contributed by atoms with Gasteiger partial charge in [0.1, 0.15) is 5.76 Å². The van der Waals surface area contributed by atoms with Gasteiger partial charge in [0.15, 0.2) is 0 Å². The molecule has 0 aliphatic heterocycles. The minimum absolute atomic E-state index is 0.0328. The summed E-state index contributed by atoms with van der Waals surface area (Å²) in [6.07, 6.45) is 3.31. The van der Waals surface area contributed by atoms with Gasteiger partial charge in [0, 0.05) is 6.20 Å². The zero-order chi connectivity index (χ0) is 12.8. The SMILES string of the molecule is C[C@@H](NC(=O)CSc1ccccn1)c1ccco1. The Kier molecular flexibility index (Phi) is 4.41. The van der Waals surface area contributed by atoms with Gasteiger partial charge < -0.3 is 9.73 Å². The molecule has 0 fully saturated rings. The molecular weight excluding hydrogens is 248 g/mol. The first kappa shape index (κ1) is 12.7. The molecule has 94 valence electrons.